The zero-order valence-electron chi connectivity index (χ0n) is 20.2. The highest BCUT2D eigenvalue weighted by Gasteiger charge is 2.15. The number of hydrogen-bond donors (Lipinski definition) is 2. The number of aryl methyl sites for hydroxylation is 1. The van der Waals surface area contributed by atoms with Crippen molar-refractivity contribution in [3.05, 3.63) is 75.5 Å². The molecule has 0 aliphatic carbocycles. The predicted molar refractivity (Wildman–Crippen MR) is 136 cm³/mol. The number of nitrogens with zero attached hydrogens (tertiary/aromatic N) is 4. The number of anilines is 1. The fraction of sp³-hybridized carbons (Fsp3) is 0.360. The van der Waals surface area contributed by atoms with Gasteiger partial charge < -0.3 is 20.4 Å². The number of carbonyl (C=O) groups excluding carboxylic acids is 2. The van der Waals surface area contributed by atoms with Gasteiger partial charge in [-0.25, -0.2) is 4.98 Å². The molecule has 8 nitrogen and oxygen atoms in total. The summed E-state index contributed by atoms with van der Waals surface area (Å²) in [5.74, 6) is -0.324. The van der Waals surface area contributed by atoms with Crippen molar-refractivity contribution < 1.29 is 9.59 Å². The molecule has 0 bridgehead atoms. The Bertz CT molecular complexity index is 1110. The SMILES string of the molecule is Cc1csc(CN(C)C(=O)c2cccc(C(=O)NCCCNCc3cncc(N(C)C)c3)c2)n1. The van der Waals surface area contributed by atoms with Gasteiger partial charge in [-0.2, -0.15) is 0 Å². The third kappa shape index (κ3) is 7.36. The van der Waals surface area contributed by atoms with E-state index >= 15 is 0 Å². The molecule has 0 unspecified atom stereocenters. The molecule has 0 saturated carbocycles. The first-order valence-electron chi connectivity index (χ1n) is 11.2. The van der Waals surface area contributed by atoms with E-state index in [1.54, 1.807) is 36.2 Å². The number of nitrogens with one attached hydrogen (secondary N) is 2. The third-order valence-electron chi connectivity index (χ3n) is 5.20. The Morgan fingerprint density at radius 2 is 1.85 bits per heavy atom. The molecule has 0 radical (unpaired) electrons. The molecular weight excluding hydrogens is 448 g/mol. The van der Waals surface area contributed by atoms with Crippen LogP contribution in [0.1, 0.15) is 43.4 Å². The van der Waals surface area contributed by atoms with Crippen LogP contribution in [0.25, 0.3) is 0 Å². The van der Waals surface area contributed by atoms with Crippen LogP contribution in [-0.2, 0) is 13.1 Å². The molecule has 0 aliphatic heterocycles. The first-order valence-corrected chi connectivity index (χ1v) is 12.1. The molecule has 34 heavy (non-hydrogen) atoms. The Kier molecular flexibility index (Phi) is 9.12. The maximum Gasteiger partial charge on any atom is 0.253 e. The normalized spacial score (nSPS) is 10.7. The van der Waals surface area contributed by atoms with Gasteiger partial charge in [0.25, 0.3) is 11.8 Å². The molecule has 2 heterocycles. The zero-order valence-corrected chi connectivity index (χ0v) is 21.0. The van der Waals surface area contributed by atoms with Gasteiger partial charge in [-0.1, -0.05) is 6.07 Å². The molecule has 0 spiro atoms. The second kappa shape index (κ2) is 12.2. The lowest BCUT2D eigenvalue weighted by Gasteiger charge is -2.16. The van der Waals surface area contributed by atoms with E-state index in [4.69, 9.17) is 0 Å². The highest BCUT2D eigenvalue weighted by Crippen LogP contribution is 2.14. The summed E-state index contributed by atoms with van der Waals surface area (Å²) in [6, 6.07) is 8.93. The number of rotatable bonds is 11. The van der Waals surface area contributed by atoms with Crippen molar-refractivity contribution in [2.75, 3.05) is 39.1 Å². The van der Waals surface area contributed by atoms with E-state index in [1.807, 2.05) is 43.7 Å². The standard InChI is InChI=1S/C25H32N6O2S/c1-18-17-34-23(29-18)16-31(4)25(33)21-8-5-7-20(12-21)24(32)28-10-6-9-26-13-19-11-22(30(2)3)15-27-14-19/h5,7-8,11-12,14-15,17,26H,6,9-10,13,16H2,1-4H3,(H,28,32). The lowest BCUT2D eigenvalue weighted by atomic mass is 10.1. The topological polar surface area (TPSA) is 90.5 Å². The average molecular weight is 481 g/mol. The molecule has 3 aromatic rings. The van der Waals surface area contributed by atoms with Crippen LogP contribution in [0.4, 0.5) is 5.69 Å². The minimum atomic E-state index is -0.185. The fourth-order valence-corrected chi connectivity index (χ4v) is 4.15. The van der Waals surface area contributed by atoms with Crippen LogP contribution in [0.5, 0.6) is 0 Å². The fourth-order valence-electron chi connectivity index (χ4n) is 3.33. The smallest absolute Gasteiger partial charge is 0.253 e. The van der Waals surface area contributed by atoms with E-state index in [1.165, 1.54) is 11.3 Å². The molecule has 180 valence electrons. The predicted octanol–water partition coefficient (Wildman–Crippen LogP) is 3.09. The highest BCUT2D eigenvalue weighted by molar-refractivity contribution is 7.09. The van der Waals surface area contributed by atoms with Gasteiger partial charge in [-0.05, 0) is 49.7 Å². The van der Waals surface area contributed by atoms with Gasteiger partial charge in [0.05, 0.1) is 18.4 Å². The molecule has 0 aliphatic rings. The number of pyridine rings is 1. The van der Waals surface area contributed by atoms with Crippen LogP contribution in [0.15, 0.2) is 48.1 Å². The summed E-state index contributed by atoms with van der Waals surface area (Å²) in [5.41, 5.74) is 4.09. The minimum Gasteiger partial charge on any atom is -0.376 e. The van der Waals surface area contributed by atoms with Crippen molar-refractivity contribution in [1.82, 2.24) is 25.5 Å². The van der Waals surface area contributed by atoms with Crippen molar-refractivity contribution in [2.45, 2.75) is 26.4 Å². The number of amides is 2. The summed E-state index contributed by atoms with van der Waals surface area (Å²) in [6.07, 6.45) is 4.48. The lowest BCUT2D eigenvalue weighted by molar-refractivity contribution is 0.0785. The van der Waals surface area contributed by atoms with Crippen molar-refractivity contribution in [2.24, 2.45) is 0 Å². The molecule has 3 rings (SSSR count). The van der Waals surface area contributed by atoms with Gasteiger partial charge >= 0.3 is 0 Å². The molecule has 2 N–H and O–H groups in total. The second-order valence-corrected chi connectivity index (χ2v) is 9.30. The van der Waals surface area contributed by atoms with Gasteiger partial charge in [0, 0.05) is 62.6 Å². The van der Waals surface area contributed by atoms with E-state index in [2.05, 4.69) is 26.7 Å². The van der Waals surface area contributed by atoms with Crippen LogP contribution < -0.4 is 15.5 Å². The van der Waals surface area contributed by atoms with Crippen molar-refractivity contribution >= 4 is 28.8 Å². The summed E-state index contributed by atoms with van der Waals surface area (Å²) in [6.45, 7) is 4.41. The minimum absolute atomic E-state index is 0.139. The maximum absolute atomic E-state index is 12.8. The monoisotopic (exact) mass is 480 g/mol. The summed E-state index contributed by atoms with van der Waals surface area (Å²) >= 11 is 1.53. The van der Waals surface area contributed by atoms with Crippen LogP contribution in [-0.4, -0.2) is 60.9 Å². The Labute approximate surface area is 205 Å². The molecule has 0 saturated heterocycles. The lowest BCUT2D eigenvalue weighted by Crippen LogP contribution is -2.28. The average Bonchev–Trinajstić information content (AvgIpc) is 3.25. The van der Waals surface area contributed by atoms with Gasteiger partial charge in [0.1, 0.15) is 5.01 Å². The second-order valence-electron chi connectivity index (χ2n) is 8.36. The van der Waals surface area contributed by atoms with E-state index < -0.39 is 0 Å². The zero-order chi connectivity index (χ0) is 24.5. The van der Waals surface area contributed by atoms with Crippen molar-refractivity contribution in [3.8, 4) is 0 Å². The number of benzene rings is 1. The van der Waals surface area contributed by atoms with Gasteiger partial charge in [0.2, 0.25) is 0 Å². The van der Waals surface area contributed by atoms with Crippen molar-refractivity contribution in [3.63, 3.8) is 0 Å². The third-order valence-corrected chi connectivity index (χ3v) is 6.15. The summed E-state index contributed by atoms with van der Waals surface area (Å²) in [4.78, 5) is 37.7. The van der Waals surface area contributed by atoms with E-state index in [-0.39, 0.29) is 11.8 Å². The highest BCUT2D eigenvalue weighted by atomic mass is 32.1. The maximum atomic E-state index is 12.8. The Hall–Kier alpha value is -3.30. The van der Waals surface area contributed by atoms with Crippen LogP contribution in [0.2, 0.25) is 0 Å². The van der Waals surface area contributed by atoms with Crippen LogP contribution in [0.3, 0.4) is 0 Å². The molecule has 2 amide bonds. The van der Waals surface area contributed by atoms with Gasteiger partial charge in [0.15, 0.2) is 0 Å². The van der Waals surface area contributed by atoms with Crippen LogP contribution >= 0.6 is 11.3 Å². The molecule has 9 heteroatoms. The van der Waals surface area contributed by atoms with E-state index in [0.717, 1.165) is 41.5 Å². The Morgan fingerprint density at radius 3 is 2.59 bits per heavy atom. The summed E-state index contributed by atoms with van der Waals surface area (Å²) in [5, 5.41) is 9.16. The van der Waals surface area contributed by atoms with E-state index in [9.17, 15) is 9.59 Å². The van der Waals surface area contributed by atoms with E-state index in [0.29, 0.717) is 24.2 Å². The van der Waals surface area contributed by atoms with Gasteiger partial charge in [-0.3, -0.25) is 14.6 Å². The molecule has 1 aromatic carbocycles. The first-order chi connectivity index (χ1) is 16.3. The molecular formula is C25H32N6O2S. The summed E-state index contributed by atoms with van der Waals surface area (Å²) < 4.78 is 0. The van der Waals surface area contributed by atoms with Crippen LogP contribution in [0, 0.1) is 6.92 Å². The van der Waals surface area contributed by atoms with Crippen molar-refractivity contribution in [1.29, 1.82) is 0 Å². The Balaban J connectivity index is 1.42. The first kappa shape index (κ1) is 25.3. The largest absolute Gasteiger partial charge is 0.376 e. The molecule has 0 fully saturated rings. The van der Waals surface area contributed by atoms with Gasteiger partial charge in [-0.15, -0.1) is 11.3 Å². The molecule has 2 aromatic heterocycles. The number of hydrogen-bond acceptors (Lipinski definition) is 7. The number of carbonyl (C=O) groups is 2. The summed E-state index contributed by atoms with van der Waals surface area (Å²) in [7, 11) is 5.72. The quantitative estimate of drug-likeness (QED) is 0.410. The Morgan fingerprint density at radius 1 is 1.06 bits per heavy atom. The number of aromatic nitrogens is 2. The molecule has 0 atom stereocenters. The number of thiazole rings is 1.